The Hall–Kier alpha value is -2.87. The summed E-state index contributed by atoms with van der Waals surface area (Å²) in [6.45, 7) is 6.60. The molecule has 0 aliphatic heterocycles. The number of nitrogens with one attached hydrogen (secondary N) is 1. The molecule has 3 aliphatic carbocycles. The van der Waals surface area contributed by atoms with Gasteiger partial charge in [0.15, 0.2) is 0 Å². The van der Waals surface area contributed by atoms with Crippen molar-refractivity contribution in [1.82, 2.24) is 0 Å². The van der Waals surface area contributed by atoms with Crippen molar-refractivity contribution in [2.24, 2.45) is 17.8 Å². The highest BCUT2D eigenvalue weighted by atomic mass is 16.1. The minimum atomic E-state index is -0.0638. The summed E-state index contributed by atoms with van der Waals surface area (Å²) in [6.07, 6.45) is 0. The van der Waals surface area contributed by atoms with Gasteiger partial charge in [0.25, 0.3) is 0 Å². The summed E-state index contributed by atoms with van der Waals surface area (Å²) in [5.41, 5.74) is 7.56. The van der Waals surface area contributed by atoms with E-state index in [1.54, 1.807) is 0 Å². The number of hydrogen-bond donors (Lipinski definition) is 1. The van der Waals surface area contributed by atoms with Crippen molar-refractivity contribution in [2.45, 2.75) is 32.6 Å². The Morgan fingerprint density at radius 1 is 0.759 bits per heavy atom. The summed E-state index contributed by atoms with van der Waals surface area (Å²) in [5.74, 6) is 1.18. The lowest BCUT2D eigenvalue weighted by atomic mass is 9.52. The van der Waals surface area contributed by atoms with E-state index >= 15 is 0 Å². The second-order valence-electron chi connectivity index (χ2n) is 8.92. The molecular weight excluding hydrogens is 354 g/mol. The molecule has 2 atom stereocenters. The van der Waals surface area contributed by atoms with Crippen molar-refractivity contribution in [2.75, 3.05) is 5.32 Å². The normalized spacial score (nSPS) is 24.1. The van der Waals surface area contributed by atoms with E-state index in [0.717, 1.165) is 5.69 Å². The van der Waals surface area contributed by atoms with Crippen LogP contribution in [0.15, 0.2) is 72.8 Å². The van der Waals surface area contributed by atoms with E-state index in [1.807, 2.05) is 24.3 Å². The van der Waals surface area contributed by atoms with E-state index in [9.17, 15) is 4.79 Å². The van der Waals surface area contributed by atoms with Gasteiger partial charge in [-0.25, -0.2) is 0 Å². The Bertz CT molecular complexity index is 1020. The molecule has 0 heterocycles. The number of benzene rings is 3. The molecule has 0 aromatic heterocycles. The number of carbonyl (C=O) groups excluding carboxylic acids is 1. The van der Waals surface area contributed by atoms with Gasteiger partial charge >= 0.3 is 0 Å². The monoisotopic (exact) mass is 381 g/mol. The van der Waals surface area contributed by atoms with Gasteiger partial charge in [-0.3, -0.25) is 4.79 Å². The third-order valence-electron chi connectivity index (χ3n) is 6.88. The first-order valence-electron chi connectivity index (χ1n) is 10.6. The van der Waals surface area contributed by atoms with Gasteiger partial charge in [0, 0.05) is 17.5 Å². The van der Waals surface area contributed by atoms with Crippen molar-refractivity contribution in [1.29, 1.82) is 0 Å². The van der Waals surface area contributed by atoms with Crippen molar-refractivity contribution < 1.29 is 4.79 Å². The Labute approximate surface area is 173 Å². The summed E-state index contributed by atoms with van der Waals surface area (Å²) in [4.78, 5) is 13.7. The lowest BCUT2D eigenvalue weighted by molar-refractivity contribution is -0.123. The number of fused-ring (bicyclic) bond motifs is 1. The molecule has 0 radical (unpaired) electrons. The Morgan fingerprint density at radius 3 is 1.72 bits per heavy atom. The van der Waals surface area contributed by atoms with E-state index < -0.39 is 0 Å². The van der Waals surface area contributed by atoms with Crippen LogP contribution in [0, 0.1) is 24.7 Å². The van der Waals surface area contributed by atoms with Crippen LogP contribution < -0.4 is 5.32 Å². The van der Waals surface area contributed by atoms with Crippen LogP contribution in [0.1, 0.15) is 53.5 Å². The zero-order chi connectivity index (χ0) is 20.1. The van der Waals surface area contributed by atoms with Crippen LogP contribution in [0.2, 0.25) is 0 Å². The minimum absolute atomic E-state index is 0.0638. The summed E-state index contributed by atoms with van der Waals surface area (Å²) in [6, 6.07) is 25.6. The Balaban J connectivity index is 1.63. The van der Waals surface area contributed by atoms with Crippen LogP contribution in [-0.2, 0) is 4.79 Å². The maximum atomic E-state index is 13.7. The summed E-state index contributed by atoms with van der Waals surface area (Å²) >= 11 is 0. The Morgan fingerprint density at radius 2 is 1.24 bits per heavy atom. The van der Waals surface area contributed by atoms with Crippen LogP contribution in [0.5, 0.6) is 0 Å². The molecule has 3 aliphatic rings. The second kappa shape index (κ2) is 6.88. The molecule has 2 bridgehead atoms. The molecule has 2 nitrogen and oxygen atoms in total. The fourth-order valence-corrected chi connectivity index (χ4v) is 5.71. The fourth-order valence-electron chi connectivity index (χ4n) is 5.71. The maximum absolute atomic E-state index is 13.7. The molecule has 1 amide bonds. The molecule has 0 unspecified atom stereocenters. The maximum Gasteiger partial charge on any atom is 0.228 e. The highest BCUT2D eigenvalue weighted by Gasteiger charge is 2.53. The van der Waals surface area contributed by atoms with Gasteiger partial charge in [-0.2, -0.15) is 0 Å². The molecule has 0 saturated heterocycles. The lowest BCUT2D eigenvalue weighted by Gasteiger charge is -2.51. The van der Waals surface area contributed by atoms with Crippen LogP contribution in [-0.4, -0.2) is 5.91 Å². The van der Waals surface area contributed by atoms with Gasteiger partial charge in [0.05, 0.1) is 5.92 Å². The minimum Gasteiger partial charge on any atom is -0.326 e. The van der Waals surface area contributed by atoms with Gasteiger partial charge in [0.1, 0.15) is 0 Å². The average molecular weight is 382 g/mol. The molecule has 3 aromatic carbocycles. The number of aryl methyl sites for hydroxylation is 1. The van der Waals surface area contributed by atoms with Gasteiger partial charge in [-0.15, -0.1) is 0 Å². The first-order chi connectivity index (χ1) is 14.1. The van der Waals surface area contributed by atoms with Crippen molar-refractivity contribution >= 4 is 11.6 Å². The number of carbonyl (C=O) groups is 1. The lowest BCUT2D eigenvalue weighted by Crippen LogP contribution is -2.47. The molecule has 2 heteroatoms. The highest BCUT2D eigenvalue weighted by molar-refractivity contribution is 5.95. The SMILES string of the molecule is Cc1ccc(NC(=O)[C@H]2C3c4ccccc4C(c4ccccc43)[C@H]2C(C)C)cc1. The molecule has 0 saturated carbocycles. The molecule has 29 heavy (non-hydrogen) atoms. The molecule has 146 valence electrons. The molecule has 0 spiro atoms. The average Bonchev–Trinajstić information content (AvgIpc) is 2.74. The zero-order valence-corrected chi connectivity index (χ0v) is 17.2. The van der Waals surface area contributed by atoms with Crippen molar-refractivity contribution in [3.05, 3.63) is 101 Å². The molecule has 0 fully saturated rings. The highest BCUT2D eigenvalue weighted by Crippen LogP contribution is 2.60. The van der Waals surface area contributed by atoms with E-state index in [2.05, 4.69) is 74.6 Å². The van der Waals surface area contributed by atoms with E-state index in [0.29, 0.717) is 5.92 Å². The molecule has 3 aromatic rings. The summed E-state index contributed by atoms with van der Waals surface area (Å²) in [7, 11) is 0. The zero-order valence-electron chi connectivity index (χ0n) is 17.2. The van der Waals surface area contributed by atoms with Crippen molar-refractivity contribution in [3.8, 4) is 0 Å². The van der Waals surface area contributed by atoms with Gasteiger partial charge < -0.3 is 5.32 Å². The Kier molecular flexibility index (Phi) is 4.31. The van der Waals surface area contributed by atoms with Crippen LogP contribution in [0.4, 0.5) is 5.69 Å². The third-order valence-corrected chi connectivity index (χ3v) is 6.88. The summed E-state index contributed by atoms with van der Waals surface area (Å²) in [5, 5.41) is 3.23. The first-order valence-corrected chi connectivity index (χ1v) is 10.6. The second-order valence-corrected chi connectivity index (χ2v) is 8.92. The molecule has 1 N–H and O–H groups in total. The number of amides is 1. The third kappa shape index (κ3) is 2.81. The van der Waals surface area contributed by atoms with Gasteiger partial charge in [0.2, 0.25) is 5.91 Å². The topological polar surface area (TPSA) is 29.1 Å². The number of rotatable bonds is 3. The first kappa shape index (κ1) is 18.2. The van der Waals surface area contributed by atoms with E-state index in [4.69, 9.17) is 0 Å². The predicted octanol–water partition coefficient (Wildman–Crippen LogP) is 6.11. The number of anilines is 1. The standard InChI is InChI=1S/C27H27NO/c1-16(2)23-24-19-8-4-6-10-21(19)25(22-11-7-5-9-20(22)24)26(23)27(29)28-18-14-12-17(3)13-15-18/h4-16,23-26H,1-3H3,(H,28,29)/t23-,24?,25?,26-/m1/s1. The van der Waals surface area contributed by atoms with Crippen LogP contribution >= 0.6 is 0 Å². The van der Waals surface area contributed by atoms with Gasteiger partial charge in [-0.1, -0.05) is 80.1 Å². The smallest absolute Gasteiger partial charge is 0.228 e. The molecular formula is C27H27NO. The quantitative estimate of drug-likeness (QED) is 0.582. The van der Waals surface area contributed by atoms with Crippen molar-refractivity contribution in [3.63, 3.8) is 0 Å². The largest absolute Gasteiger partial charge is 0.326 e. The van der Waals surface area contributed by atoms with Gasteiger partial charge in [-0.05, 0) is 53.1 Å². The molecule has 6 rings (SSSR count). The number of hydrogen-bond acceptors (Lipinski definition) is 1. The summed E-state index contributed by atoms with van der Waals surface area (Å²) < 4.78 is 0. The van der Waals surface area contributed by atoms with E-state index in [-0.39, 0.29) is 29.6 Å². The predicted molar refractivity (Wildman–Crippen MR) is 118 cm³/mol. The van der Waals surface area contributed by atoms with E-state index in [1.165, 1.54) is 27.8 Å². The van der Waals surface area contributed by atoms with Crippen LogP contribution in [0.3, 0.4) is 0 Å². The van der Waals surface area contributed by atoms with Crippen LogP contribution in [0.25, 0.3) is 0 Å². The fraction of sp³-hybridized carbons (Fsp3) is 0.296.